The van der Waals surface area contributed by atoms with E-state index in [1.807, 2.05) is 31.2 Å². The number of amides is 1. The molecule has 0 saturated carbocycles. The third kappa shape index (κ3) is 5.28. The van der Waals surface area contributed by atoms with Crippen LogP contribution < -0.4 is 10.7 Å². The predicted octanol–water partition coefficient (Wildman–Crippen LogP) is 3.40. The number of phenolic OH excluding ortho intramolecular Hbond substituents is 1. The Hall–Kier alpha value is -2.94. The third-order valence-electron chi connectivity index (χ3n) is 3.51. The molecule has 0 radical (unpaired) electrons. The number of non-ortho nitro benzene ring substituents is 1. The summed E-state index contributed by atoms with van der Waals surface area (Å²) < 4.78 is 0.932. The fourth-order valence-electron chi connectivity index (χ4n) is 2.10. The first-order valence-electron chi connectivity index (χ1n) is 7.73. The molecular formula is C17H17BrN4O4. The molecule has 8 nitrogen and oxygen atoms in total. The maximum atomic E-state index is 12.2. The summed E-state index contributed by atoms with van der Waals surface area (Å²) in [6, 6.07) is 10.4. The lowest BCUT2D eigenvalue weighted by molar-refractivity contribution is -0.384. The summed E-state index contributed by atoms with van der Waals surface area (Å²) >= 11 is 3.35. The predicted molar refractivity (Wildman–Crippen MR) is 102 cm³/mol. The molecule has 0 fully saturated rings. The summed E-state index contributed by atoms with van der Waals surface area (Å²) in [5.74, 6) is -0.537. The molecule has 0 saturated heterocycles. The number of carbonyl (C=O) groups is 1. The largest absolute Gasteiger partial charge is 0.507 e. The average molecular weight is 421 g/mol. The molecule has 0 aliphatic carbocycles. The first-order valence-corrected chi connectivity index (χ1v) is 8.52. The van der Waals surface area contributed by atoms with Gasteiger partial charge >= 0.3 is 0 Å². The highest BCUT2D eigenvalue weighted by molar-refractivity contribution is 9.10. The van der Waals surface area contributed by atoms with Crippen LogP contribution in [-0.4, -0.2) is 28.2 Å². The van der Waals surface area contributed by atoms with E-state index in [1.54, 1.807) is 0 Å². The number of nitro benzene ring substituents is 1. The zero-order chi connectivity index (χ0) is 19.1. The summed E-state index contributed by atoms with van der Waals surface area (Å²) in [6.07, 6.45) is 1.69. The molecule has 2 aromatic carbocycles. The van der Waals surface area contributed by atoms with Gasteiger partial charge in [-0.1, -0.05) is 22.9 Å². The number of halogens is 1. The molecule has 0 bridgehead atoms. The standard InChI is InChI=1S/C17H17BrN4O4/c1-2-15(20-13-5-3-12(18)4-6-13)17(24)21-19-10-11-9-14(22(25)26)7-8-16(11)23/h3-10,15,20,23H,2H2,1H3,(H,21,24)/b19-10-/t15-/m0/s1. The van der Waals surface area contributed by atoms with Crippen LogP contribution in [0.5, 0.6) is 5.75 Å². The second-order valence-corrected chi connectivity index (χ2v) is 6.26. The molecule has 0 heterocycles. The number of carbonyl (C=O) groups excluding carboxylic acids is 1. The van der Waals surface area contributed by atoms with Crippen LogP contribution >= 0.6 is 15.9 Å². The lowest BCUT2D eigenvalue weighted by Crippen LogP contribution is -2.36. The number of nitrogens with zero attached hydrogens (tertiary/aromatic N) is 2. The van der Waals surface area contributed by atoms with Crippen molar-refractivity contribution in [2.24, 2.45) is 5.10 Å². The number of phenols is 1. The van der Waals surface area contributed by atoms with Crippen LogP contribution in [0.2, 0.25) is 0 Å². The SMILES string of the molecule is CC[C@H](Nc1ccc(Br)cc1)C(=O)N/N=C\c1cc([N+](=O)[O-])ccc1O. The summed E-state index contributed by atoms with van der Waals surface area (Å²) in [4.78, 5) is 22.4. The highest BCUT2D eigenvalue weighted by Gasteiger charge is 2.15. The highest BCUT2D eigenvalue weighted by Crippen LogP contribution is 2.21. The second kappa shape index (κ2) is 8.95. The fourth-order valence-corrected chi connectivity index (χ4v) is 2.37. The molecule has 0 spiro atoms. The maximum absolute atomic E-state index is 12.2. The van der Waals surface area contributed by atoms with Crippen molar-refractivity contribution in [3.05, 3.63) is 62.6 Å². The van der Waals surface area contributed by atoms with Gasteiger partial charge in [0.15, 0.2) is 0 Å². The molecule has 1 atom stereocenters. The number of nitro groups is 1. The van der Waals surface area contributed by atoms with Crippen LogP contribution in [-0.2, 0) is 4.79 Å². The van der Waals surface area contributed by atoms with E-state index in [1.165, 1.54) is 18.2 Å². The number of benzene rings is 2. The second-order valence-electron chi connectivity index (χ2n) is 5.35. The van der Waals surface area contributed by atoms with E-state index in [2.05, 4.69) is 31.8 Å². The van der Waals surface area contributed by atoms with Crippen LogP contribution in [0.4, 0.5) is 11.4 Å². The number of nitrogens with one attached hydrogen (secondary N) is 2. The van der Waals surface area contributed by atoms with E-state index < -0.39 is 11.0 Å². The van der Waals surface area contributed by atoms with Crippen LogP contribution in [0, 0.1) is 10.1 Å². The van der Waals surface area contributed by atoms with Gasteiger partial charge in [-0.15, -0.1) is 0 Å². The molecule has 2 aromatic rings. The molecule has 136 valence electrons. The number of anilines is 1. The van der Waals surface area contributed by atoms with Gasteiger partial charge in [-0.05, 0) is 36.8 Å². The zero-order valence-electron chi connectivity index (χ0n) is 13.8. The zero-order valence-corrected chi connectivity index (χ0v) is 15.4. The Balaban J connectivity index is 2.01. The number of hydrogen-bond acceptors (Lipinski definition) is 6. The van der Waals surface area contributed by atoms with E-state index in [9.17, 15) is 20.0 Å². The van der Waals surface area contributed by atoms with Gasteiger partial charge in [-0.25, -0.2) is 5.43 Å². The van der Waals surface area contributed by atoms with Gasteiger partial charge in [0.25, 0.3) is 11.6 Å². The normalized spacial score (nSPS) is 11.9. The number of aromatic hydroxyl groups is 1. The molecule has 0 unspecified atom stereocenters. The average Bonchev–Trinajstić information content (AvgIpc) is 2.62. The number of hydrazone groups is 1. The number of rotatable bonds is 7. The summed E-state index contributed by atoms with van der Waals surface area (Å²) in [6.45, 7) is 1.85. The maximum Gasteiger partial charge on any atom is 0.270 e. The molecular weight excluding hydrogens is 404 g/mol. The van der Waals surface area contributed by atoms with Gasteiger partial charge in [0.2, 0.25) is 0 Å². The van der Waals surface area contributed by atoms with Crippen molar-refractivity contribution in [2.75, 3.05) is 5.32 Å². The Morgan fingerprint density at radius 1 is 1.35 bits per heavy atom. The first kappa shape index (κ1) is 19.4. The van der Waals surface area contributed by atoms with Crippen LogP contribution in [0.1, 0.15) is 18.9 Å². The van der Waals surface area contributed by atoms with E-state index in [-0.39, 0.29) is 22.9 Å². The van der Waals surface area contributed by atoms with Gasteiger partial charge in [0, 0.05) is 27.9 Å². The van der Waals surface area contributed by atoms with Crippen LogP contribution in [0.15, 0.2) is 52.0 Å². The topological polar surface area (TPSA) is 117 Å². The van der Waals surface area contributed by atoms with Crippen molar-refractivity contribution in [3.63, 3.8) is 0 Å². The molecule has 9 heteroatoms. The summed E-state index contributed by atoms with van der Waals surface area (Å²) in [5, 5.41) is 27.3. The Morgan fingerprint density at radius 2 is 2.04 bits per heavy atom. The molecule has 3 N–H and O–H groups in total. The van der Waals surface area contributed by atoms with Crippen molar-refractivity contribution >= 4 is 39.4 Å². The molecule has 0 aliphatic rings. The molecule has 0 aliphatic heterocycles. The van der Waals surface area contributed by atoms with Crippen molar-refractivity contribution < 1.29 is 14.8 Å². The van der Waals surface area contributed by atoms with E-state index in [0.717, 1.165) is 16.4 Å². The summed E-state index contributed by atoms with van der Waals surface area (Å²) in [7, 11) is 0. The van der Waals surface area contributed by atoms with Crippen molar-refractivity contribution in [1.82, 2.24) is 5.43 Å². The van der Waals surface area contributed by atoms with Gasteiger partial charge < -0.3 is 10.4 Å². The Bertz CT molecular complexity index is 824. The lowest BCUT2D eigenvalue weighted by atomic mass is 10.2. The molecule has 2 rings (SSSR count). The number of hydrogen-bond donors (Lipinski definition) is 3. The Kier molecular flexibility index (Phi) is 6.67. The Labute approximate surface area is 158 Å². The monoisotopic (exact) mass is 420 g/mol. The van der Waals surface area contributed by atoms with E-state index in [4.69, 9.17) is 0 Å². The fraction of sp³-hybridized carbons (Fsp3) is 0.176. The third-order valence-corrected chi connectivity index (χ3v) is 4.04. The van der Waals surface area contributed by atoms with Crippen molar-refractivity contribution in [1.29, 1.82) is 0 Å². The van der Waals surface area contributed by atoms with Gasteiger partial charge in [-0.2, -0.15) is 5.10 Å². The smallest absolute Gasteiger partial charge is 0.270 e. The van der Waals surface area contributed by atoms with Crippen molar-refractivity contribution in [2.45, 2.75) is 19.4 Å². The highest BCUT2D eigenvalue weighted by atomic mass is 79.9. The minimum absolute atomic E-state index is 0.133. The minimum Gasteiger partial charge on any atom is -0.507 e. The lowest BCUT2D eigenvalue weighted by Gasteiger charge is -2.16. The van der Waals surface area contributed by atoms with Gasteiger partial charge in [0.05, 0.1) is 11.1 Å². The van der Waals surface area contributed by atoms with E-state index >= 15 is 0 Å². The molecule has 26 heavy (non-hydrogen) atoms. The van der Waals surface area contributed by atoms with Gasteiger partial charge in [-0.3, -0.25) is 14.9 Å². The quantitative estimate of drug-likeness (QED) is 0.360. The molecule has 1 amide bonds. The van der Waals surface area contributed by atoms with Gasteiger partial charge in [0.1, 0.15) is 11.8 Å². The first-order chi connectivity index (χ1) is 12.4. The Morgan fingerprint density at radius 3 is 2.65 bits per heavy atom. The molecule has 0 aromatic heterocycles. The van der Waals surface area contributed by atoms with Crippen LogP contribution in [0.25, 0.3) is 0 Å². The van der Waals surface area contributed by atoms with Crippen LogP contribution in [0.3, 0.4) is 0 Å². The van der Waals surface area contributed by atoms with E-state index in [0.29, 0.717) is 6.42 Å². The summed E-state index contributed by atoms with van der Waals surface area (Å²) in [5.41, 5.74) is 3.11. The van der Waals surface area contributed by atoms with Crippen molar-refractivity contribution in [3.8, 4) is 5.75 Å². The minimum atomic E-state index is -0.579.